The van der Waals surface area contributed by atoms with Crippen LogP contribution in [0.3, 0.4) is 0 Å². The molecule has 7 heteroatoms. The lowest BCUT2D eigenvalue weighted by Crippen LogP contribution is -2.51. The molecule has 0 aliphatic carbocycles. The summed E-state index contributed by atoms with van der Waals surface area (Å²) in [6.45, 7) is 2.36. The summed E-state index contributed by atoms with van der Waals surface area (Å²) in [6, 6.07) is -0.147. The van der Waals surface area contributed by atoms with E-state index in [-0.39, 0.29) is 31.5 Å². The first-order chi connectivity index (χ1) is 8.81. The minimum absolute atomic E-state index is 0.0485. The van der Waals surface area contributed by atoms with E-state index in [1.807, 2.05) is 6.92 Å². The van der Waals surface area contributed by atoms with Crippen LogP contribution in [-0.4, -0.2) is 60.6 Å². The van der Waals surface area contributed by atoms with Gasteiger partial charge in [-0.25, -0.2) is 0 Å². The van der Waals surface area contributed by atoms with Crippen LogP contribution in [0.5, 0.6) is 0 Å². The fourth-order valence-corrected chi connectivity index (χ4v) is 2.24. The summed E-state index contributed by atoms with van der Waals surface area (Å²) in [5, 5.41) is 0. The maximum absolute atomic E-state index is 12.2. The highest BCUT2D eigenvalue weighted by atomic mass is 19.4. The Labute approximate surface area is 111 Å². The van der Waals surface area contributed by atoms with Gasteiger partial charge in [-0.05, 0) is 6.42 Å². The average molecular weight is 281 g/mol. The van der Waals surface area contributed by atoms with E-state index in [1.54, 1.807) is 4.90 Å². The van der Waals surface area contributed by atoms with Crippen molar-refractivity contribution < 1.29 is 18.0 Å². The molecule has 1 saturated heterocycles. The van der Waals surface area contributed by atoms with E-state index in [4.69, 9.17) is 5.73 Å². The second-order valence-electron chi connectivity index (χ2n) is 5.02. The Morgan fingerprint density at radius 1 is 1.26 bits per heavy atom. The standard InChI is InChI=1S/C12H22F3N3O/c1-2-3-10(16)8-11(19)18-6-4-17(5-7-18)9-12(13,14)15/h10H,2-9,16H2,1H3. The van der Waals surface area contributed by atoms with Gasteiger partial charge in [0.2, 0.25) is 5.91 Å². The molecule has 1 heterocycles. The molecule has 0 aromatic rings. The van der Waals surface area contributed by atoms with Crippen molar-refractivity contribution in [3.05, 3.63) is 0 Å². The minimum Gasteiger partial charge on any atom is -0.340 e. The molecule has 1 aliphatic heterocycles. The zero-order valence-electron chi connectivity index (χ0n) is 11.2. The third kappa shape index (κ3) is 6.24. The number of amides is 1. The predicted octanol–water partition coefficient (Wildman–Crippen LogP) is 1.21. The fraction of sp³-hybridized carbons (Fsp3) is 0.917. The van der Waals surface area contributed by atoms with Crippen molar-refractivity contribution in [1.82, 2.24) is 9.80 Å². The van der Waals surface area contributed by atoms with Crippen LogP contribution in [-0.2, 0) is 4.79 Å². The van der Waals surface area contributed by atoms with E-state index >= 15 is 0 Å². The van der Waals surface area contributed by atoms with Crippen molar-refractivity contribution in [2.75, 3.05) is 32.7 Å². The van der Waals surface area contributed by atoms with E-state index in [2.05, 4.69) is 0 Å². The van der Waals surface area contributed by atoms with E-state index in [1.165, 1.54) is 4.90 Å². The van der Waals surface area contributed by atoms with E-state index in [0.29, 0.717) is 13.1 Å². The molecule has 0 aromatic carbocycles. The predicted molar refractivity (Wildman–Crippen MR) is 66.6 cm³/mol. The Morgan fingerprint density at radius 3 is 2.32 bits per heavy atom. The van der Waals surface area contributed by atoms with Crippen LogP contribution in [0.4, 0.5) is 13.2 Å². The molecule has 0 radical (unpaired) electrons. The smallest absolute Gasteiger partial charge is 0.340 e. The average Bonchev–Trinajstić information content (AvgIpc) is 2.27. The minimum atomic E-state index is -4.17. The van der Waals surface area contributed by atoms with Gasteiger partial charge in [0.15, 0.2) is 0 Å². The van der Waals surface area contributed by atoms with Gasteiger partial charge in [-0.3, -0.25) is 9.69 Å². The Bertz CT molecular complexity index is 288. The molecule has 0 spiro atoms. The Balaban J connectivity index is 2.31. The molecule has 2 N–H and O–H groups in total. The van der Waals surface area contributed by atoms with Gasteiger partial charge in [0.1, 0.15) is 0 Å². The number of nitrogens with two attached hydrogens (primary N) is 1. The lowest BCUT2D eigenvalue weighted by molar-refractivity contribution is -0.151. The molecular formula is C12H22F3N3O. The molecular weight excluding hydrogens is 259 g/mol. The molecule has 0 aromatic heterocycles. The van der Waals surface area contributed by atoms with Gasteiger partial charge < -0.3 is 10.6 Å². The number of hydrogen-bond donors (Lipinski definition) is 1. The summed E-state index contributed by atoms with van der Waals surface area (Å²) in [5.74, 6) is -0.0485. The molecule has 1 unspecified atom stereocenters. The first kappa shape index (κ1) is 16.2. The van der Waals surface area contributed by atoms with Crippen molar-refractivity contribution in [2.24, 2.45) is 5.73 Å². The third-order valence-electron chi connectivity index (χ3n) is 3.22. The summed E-state index contributed by atoms with van der Waals surface area (Å²) in [6.07, 6.45) is -2.17. The number of nitrogens with zero attached hydrogens (tertiary/aromatic N) is 2. The topological polar surface area (TPSA) is 49.6 Å². The number of carbonyl (C=O) groups is 1. The van der Waals surface area contributed by atoms with Gasteiger partial charge in [-0.15, -0.1) is 0 Å². The monoisotopic (exact) mass is 281 g/mol. The molecule has 1 fully saturated rings. The van der Waals surface area contributed by atoms with Crippen molar-refractivity contribution >= 4 is 5.91 Å². The highest BCUT2D eigenvalue weighted by Gasteiger charge is 2.32. The second kappa shape index (κ2) is 7.09. The van der Waals surface area contributed by atoms with E-state index in [0.717, 1.165) is 12.8 Å². The summed E-state index contributed by atoms with van der Waals surface area (Å²) in [4.78, 5) is 14.8. The lowest BCUT2D eigenvalue weighted by atomic mass is 10.1. The number of alkyl halides is 3. The highest BCUT2D eigenvalue weighted by Crippen LogP contribution is 2.17. The zero-order chi connectivity index (χ0) is 14.5. The largest absolute Gasteiger partial charge is 0.401 e. The quantitative estimate of drug-likeness (QED) is 0.824. The van der Waals surface area contributed by atoms with Crippen LogP contribution in [0.1, 0.15) is 26.2 Å². The van der Waals surface area contributed by atoms with Crippen molar-refractivity contribution in [3.8, 4) is 0 Å². The number of hydrogen-bond acceptors (Lipinski definition) is 3. The van der Waals surface area contributed by atoms with Gasteiger partial charge in [-0.2, -0.15) is 13.2 Å². The van der Waals surface area contributed by atoms with Crippen LogP contribution in [0.25, 0.3) is 0 Å². The fourth-order valence-electron chi connectivity index (χ4n) is 2.24. The van der Waals surface area contributed by atoms with Crippen LogP contribution in [0.2, 0.25) is 0 Å². The van der Waals surface area contributed by atoms with Crippen LogP contribution >= 0.6 is 0 Å². The number of piperazine rings is 1. The van der Waals surface area contributed by atoms with Gasteiger partial charge in [0.25, 0.3) is 0 Å². The van der Waals surface area contributed by atoms with Crippen LogP contribution in [0.15, 0.2) is 0 Å². The third-order valence-corrected chi connectivity index (χ3v) is 3.22. The Hall–Kier alpha value is -0.820. The first-order valence-electron chi connectivity index (χ1n) is 6.64. The maximum Gasteiger partial charge on any atom is 0.401 e. The molecule has 112 valence electrons. The summed E-state index contributed by atoms with van der Waals surface area (Å²) >= 11 is 0. The first-order valence-corrected chi connectivity index (χ1v) is 6.64. The van der Waals surface area contributed by atoms with E-state index in [9.17, 15) is 18.0 Å². The van der Waals surface area contributed by atoms with Crippen molar-refractivity contribution in [2.45, 2.75) is 38.4 Å². The zero-order valence-corrected chi connectivity index (χ0v) is 11.2. The Morgan fingerprint density at radius 2 is 1.84 bits per heavy atom. The SMILES string of the molecule is CCCC(N)CC(=O)N1CCN(CC(F)(F)F)CC1. The molecule has 1 aliphatic rings. The van der Waals surface area contributed by atoms with Gasteiger partial charge in [-0.1, -0.05) is 13.3 Å². The molecule has 0 saturated carbocycles. The molecule has 1 atom stereocenters. The van der Waals surface area contributed by atoms with Gasteiger partial charge in [0.05, 0.1) is 6.54 Å². The van der Waals surface area contributed by atoms with Gasteiger partial charge >= 0.3 is 6.18 Å². The van der Waals surface area contributed by atoms with Gasteiger partial charge in [0, 0.05) is 38.6 Å². The normalized spacial score (nSPS) is 19.5. The van der Waals surface area contributed by atoms with E-state index < -0.39 is 12.7 Å². The summed E-state index contributed by atoms with van der Waals surface area (Å²) in [5.41, 5.74) is 5.80. The number of rotatable bonds is 5. The number of halogens is 3. The molecule has 1 rings (SSSR count). The summed E-state index contributed by atoms with van der Waals surface area (Å²) < 4.78 is 36.6. The Kier molecular flexibility index (Phi) is 6.06. The summed E-state index contributed by atoms with van der Waals surface area (Å²) in [7, 11) is 0. The molecule has 1 amide bonds. The van der Waals surface area contributed by atoms with Crippen molar-refractivity contribution in [3.63, 3.8) is 0 Å². The second-order valence-corrected chi connectivity index (χ2v) is 5.02. The molecule has 0 bridgehead atoms. The van der Waals surface area contributed by atoms with Crippen LogP contribution in [0, 0.1) is 0 Å². The van der Waals surface area contributed by atoms with Crippen LogP contribution < -0.4 is 5.73 Å². The number of carbonyl (C=O) groups excluding carboxylic acids is 1. The molecule has 19 heavy (non-hydrogen) atoms. The maximum atomic E-state index is 12.2. The molecule has 4 nitrogen and oxygen atoms in total. The lowest BCUT2D eigenvalue weighted by Gasteiger charge is -2.35. The van der Waals surface area contributed by atoms with Crippen molar-refractivity contribution in [1.29, 1.82) is 0 Å². The highest BCUT2D eigenvalue weighted by molar-refractivity contribution is 5.76.